The molecule has 2 heterocycles. The maximum absolute atomic E-state index is 12.1. The Morgan fingerprint density at radius 1 is 1.31 bits per heavy atom. The molecular formula is C12H17N3O. The average molecular weight is 219 g/mol. The minimum Gasteiger partial charge on any atom is -0.359 e. The lowest BCUT2D eigenvalue weighted by atomic mass is 10.1. The van der Waals surface area contributed by atoms with Crippen molar-refractivity contribution in [2.75, 3.05) is 0 Å². The highest BCUT2D eigenvalue weighted by Crippen LogP contribution is 2.20. The molecular weight excluding hydrogens is 202 g/mol. The molecule has 0 aliphatic heterocycles. The summed E-state index contributed by atoms with van der Waals surface area (Å²) in [4.78, 5) is 15.2. The maximum atomic E-state index is 12.1. The minimum atomic E-state index is -0.0179. The van der Waals surface area contributed by atoms with Gasteiger partial charge in [-0.1, -0.05) is 13.8 Å². The van der Waals surface area contributed by atoms with E-state index in [2.05, 4.69) is 23.9 Å². The van der Waals surface area contributed by atoms with E-state index >= 15 is 0 Å². The number of hydrogen-bond donors (Lipinski definition) is 1. The molecule has 0 saturated heterocycles. The molecule has 2 aromatic heterocycles. The minimum absolute atomic E-state index is 0.0179. The first-order chi connectivity index (χ1) is 7.52. The molecule has 16 heavy (non-hydrogen) atoms. The maximum Gasteiger partial charge on any atom is 0.276 e. The first-order valence-corrected chi connectivity index (χ1v) is 5.62. The van der Waals surface area contributed by atoms with Crippen molar-refractivity contribution >= 4 is 10.9 Å². The summed E-state index contributed by atoms with van der Waals surface area (Å²) in [5.41, 5.74) is 1.81. The van der Waals surface area contributed by atoms with Crippen LogP contribution in [-0.2, 0) is 0 Å². The van der Waals surface area contributed by atoms with Crippen LogP contribution < -0.4 is 5.56 Å². The van der Waals surface area contributed by atoms with E-state index in [1.807, 2.05) is 19.9 Å². The van der Waals surface area contributed by atoms with Gasteiger partial charge in [0.1, 0.15) is 0 Å². The van der Waals surface area contributed by atoms with Gasteiger partial charge in [0.2, 0.25) is 0 Å². The third-order valence-corrected chi connectivity index (χ3v) is 2.69. The number of H-pyrrole nitrogens is 1. The van der Waals surface area contributed by atoms with Crippen molar-refractivity contribution in [3.63, 3.8) is 0 Å². The van der Waals surface area contributed by atoms with Crippen LogP contribution in [0.25, 0.3) is 10.9 Å². The summed E-state index contributed by atoms with van der Waals surface area (Å²) in [6.07, 6.45) is 1.80. The lowest BCUT2D eigenvalue weighted by Gasteiger charge is -2.13. The number of aromatic amines is 1. The molecule has 0 fully saturated rings. The Balaban J connectivity index is 2.85. The first kappa shape index (κ1) is 10.9. The number of rotatable bonds is 2. The lowest BCUT2D eigenvalue weighted by molar-refractivity contribution is 0.494. The Morgan fingerprint density at radius 2 is 2.00 bits per heavy atom. The van der Waals surface area contributed by atoms with Crippen LogP contribution in [0, 0.1) is 0 Å². The first-order valence-electron chi connectivity index (χ1n) is 5.62. The predicted molar refractivity (Wildman–Crippen MR) is 64.8 cm³/mol. The molecule has 86 valence electrons. The molecule has 0 aromatic carbocycles. The van der Waals surface area contributed by atoms with Crippen molar-refractivity contribution in [3.8, 4) is 0 Å². The Hall–Kier alpha value is -1.58. The Morgan fingerprint density at radius 3 is 2.56 bits per heavy atom. The van der Waals surface area contributed by atoms with E-state index in [0.717, 1.165) is 16.6 Å². The van der Waals surface area contributed by atoms with E-state index in [0.29, 0.717) is 5.92 Å². The molecule has 4 nitrogen and oxygen atoms in total. The molecule has 0 saturated carbocycles. The van der Waals surface area contributed by atoms with Crippen molar-refractivity contribution in [3.05, 3.63) is 28.3 Å². The summed E-state index contributed by atoms with van der Waals surface area (Å²) >= 11 is 0. The van der Waals surface area contributed by atoms with Crippen molar-refractivity contribution in [2.45, 2.75) is 39.7 Å². The highest BCUT2D eigenvalue weighted by molar-refractivity contribution is 5.80. The van der Waals surface area contributed by atoms with E-state index in [1.165, 1.54) is 0 Å². The molecule has 2 aromatic rings. The van der Waals surface area contributed by atoms with Crippen LogP contribution in [0.15, 0.2) is 17.1 Å². The largest absolute Gasteiger partial charge is 0.359 e. The molecule has 0 amide bonds. The molecule has 2 rings (SSSR count). The predicted octanol–water partition coefficient (Wildman–Crippen LogP) is 2.43. The second-order valence-electron chi connectivity index (χ2n) is 4.65. The summed E-state index contributed by atoms with van der Waals surface area (Å²) < 4.78 is 1.56. The summed E-state index contributed by atoms with van der Waals surface area (Å²) in [6, 6.07) is 1.91. The summed E-state index contributed by atoms with van der Waals surface area (Å²) in [5.74, 6) is 0.298. The monoisotopic (exact) mass is 219 g/mol. The summed E-state index contributed by atoms with van der Waals surface area (Å²) in [7, 11) is 0. The zero-order valence-corrected chi connectivity index (χ0v) is 10.1. The zero-order chi connectivity index (χ0) is 11.9. The van der Waals surface area contributed by atoms with Crippen molar-refractivity contribution in [2.24, 2.45) is 0 Å². The SMILES string of the molecule is CC(C)c1nn(C(C)C)c(=O)c2cc[nH]c12. The van der Waals surface area contributed by atoms with Gasteiger partial charge in [0.15, 0.2) is 0 Å². The lowest BCUT2D eigenvalue weighted by Crippen LogP contribution is -2.26. The van der Waals surface area contributed by atoms with E-state index in [1.54, 1.807) is 10.9 Å². The van der Waals surface area contributed by atoms with Crippen LogP contribution in [0.3, 0.4) is 0 Å². The van der Waals surface area contributed by atoms with Crippen LogP contribution in [0.2, 0.25) is 0 Å². The van der Waals surface area contributed by atoms with E-state index in [4.69, 9.17) is 0 Å². The number of nitrogens with zero attached hydrogens (tertiary/aromatic N) is 2. The van der Waals surface area contributed by atoms with Gasteiger partial charge < -0.3 is 4.98 Å². The molecule has 0 bridgehead atoms. The Bertz CT molecular complexity index is 563. The number of fused-ring (bicyclic) bond motifs is 1. The molecule has 4 heteroatoms. The van der Waals surface area contributed by atoms with Gasteiger partial charge in [0.25, 0.3) is 5.56 Å². The van der Waals surface area contributed by atoms with Gasteiger partial charge in [0, 0.05) is 6.20 Å². The molecule has 0 aliphatic carbocycles. The Kier molecular flexibility index (Phi) is 2.58. The number of aromatic nitrogens is 3. The molecule has 0 aliphatic rings. The fraction of sp³-hybridized carbons (Fsp3) is 0.500. The quantitative estimate of drug-likeness (QED) is 0.843. The highest BCUT2D eigenvalue weighted by atomic mass is 16.1. The second kappa shape index (κ2) is 3.77. The molecule has 0 radical (unpaired) electrons. The van der Waals surface area contributed by atoms with Crippen LogP contribution in [0.4, 0.5) is 0 Å². The van der Waals surface area contributed by atoms with Crippen molar-refractivity contribution in [1.29, 1.82) is 0 Å². The zero-order valence-electron chi connectivity index (χ0n) is 10.1. The topological polar surface area (TPSA) is 50.7 Å². The standard InChI is InChI=1S/C12H17N3O/c1-7(2)10-11-9(5-6-13-11)12(16)15(14-10)8(3)4/h5-8,13H,1-4H3. The Labute approximate surface area is 94.3 Å². The smallest absolute Gasteiger partial charge is 0.276 e. The number of hydrogen-bond acceptors (Lipinski definition) is 2. The summed E-state index contributed by atoms with van der Waals surface area (Å²) in [6.45, 7) is 8.10. The van der Waals surface area contributed by atoms with E-state index in [9.17, 15) is 4.79 Å². The van der Waals surface area contributed by atoms with Gasteiger partial charge in [-0.05, 0) is 25.8 Å². The van der Waals surface area contributed by atoms with E-state index in [-0.39, 0.29) is 11.6 Å². The number of nitrogens with one attached hydrogen (secondary N) is 1. The molecule has 0 spiro atoms. The second-order valence-corrected chi connectivity index (χ2v) is 4.65. The molecule has 0 unspecified atom stereocenters. The third kappa shape index (κ3) is 1.54. The van der Waals surface area contributed by atoms with Crippen LogP contribution in [-0.4, -0.2) is 14.8 Å². The fourth-order valence-electron chi connectivity index (χ4n) is 1.85. The average Bonchev–Trinajstić information content (AvgIpc) is 2.66. The van der Waals surface area contributed by atoms with Crippen LogP contribution >= 0.6 is 0 Å². The van der Waals surface area contributed by atoms with E-state index < -0.39 is 0 Å². The molecule has 0 atom stereocenters. The van der Waals surface area contributed by atoms with Crippen molar-refractivity contribution < 1.29 is 0 Å². The van der Waals surface area contributed by atoms with Gasteiger partial charge in [-0.3, -0.25) is 4.79 Å². The highest BCUT2D eigenvalue weighted by Gasteiger charge is 2.15. The van der Waals surface area contributed by atoms with Gasteiger partial charge in [-0.25, -0.2) is 4.68 Å². The third-order valence-electron chi connectivity index (χ3n) is 2.69. The fourth-order valence-corrected chi connectivity index (χ4v) is 1.85. The van der Waals surface area contributed by atoms with Gasteiger partial charge in [0.05, 0.1) is 22.6 Å². The summed E-state index contributed by atoms with van der Waals surface area (Å²) in [5, 5.41) is 5.17. The normalized spacial score (nSPS) is 11.9. The van der Waals surface area contributed by atoms with Gasteiger partial charge in [-0.15, -0.1) is 0 Å². The van der Waals surface area contributed by atoms with Gasteiger partial charge in [-0.2, -0.15) is 5.10 Å². The molecule has 1 N–H and O–H groups in total. The van der Waals surface area contributed by atoms with Gasteiger partial charge >= 0.3 is 0 Å². The van der Waals surface area contributed by atoms with Crippen LogP contribution in [0.1, 0.15) is 45.3 Å². The van der Waals surface area contributed by atoms with Crippen LogP contribution in [0.5, 0.6) is 0 Å². The van der Waals surface area contributed by atoms with Crippen molar-refractivity contribution in [1.82, 2.24) is 14.8 Å².